The maximum absolute atomic E-state index is 13.4. The SMILES string of the molecule is Cc1cc(CNC(=O)c2cn3c(C(=O)NCc4cccn4C)cccc3n2)ccc1F. The molecule has 0 atom stereocenters. The standard InChI is InChI=1S/C23H22FN5O2/c1-15-11-16(8-9-18(15)24)12-25-22(30)19-14-29-20(6-3-7-21(29)27-19)23(31)26-13-17-5-4-10-28(17)2/h3-11,14H,12-13H2,1-2H3,(H,25,30)(H,26,31). The Hall–Kier alpha value is -3.94. The number of fused-ring (bicyclic) bond motifs is 1. The molecule has 2 N–H and O–H groups in total. The van der Waals surface area contributed by atoms with Gasteiger partial charge in [-0.05, 0) is 48.4 Å². The molecule has 0 unspecified atom stereocenters. The van der Waals surface area contributed by atoms with Gasteiger partial charge in [-0.25, -0.2) is 9.37 Å². The summed E-state index contributed by atoms with van der Waals surface area (Å²) in [6, 6.07) is 13.7. The highest BCUT2D eigenvalue weighted by molar-refractivity contribution is 5.95. The van der Waals surface area contributed by atoms with Gasteiger partial charge in [0, 0.05) is 31.7 Å². The lowest BCUT2D eigenvalue weighted by Gasteiger charge is -2.08. The molecule has 7 nitrogen and oxygen atoms in total. The summed E-state index contributed by atoms with van der Waals surface area (Å²) >= 11 is 0. The number of rotatable bonds is 6. The van der Waals surface area contributed by atoms with Crippen LogP contribution in [-0.4, -0.2) is 25.8 Å². The minimum atomic E-state index is -0.374. The first-order valence-electron chi connectivity index (χ1n) is 9.82. The molecule has 3 aromatic heterocycles. The summed E-state index contributed by atoms with van der Waals surface area (Å²) in [5, 5.41) is 5.67. The van der Waals surface area contributed by atoms with E-state index in [-0.39, 0.29) is 29.9 Å². The maximum atomic E-state index is 13.4. The summed E-state index contributed by atoms with van der Waals surface area (Å²) in [4.78, 5) is 29.6. The van der Waals surface area contributed by atoms with Crippen molar-refractivity contribution in [3.05, 3.63) is 95.0 Å². The fraction of sp³-hybridized carbons (Fsp3) is 0.174. The molecule has 158 valence electrons. The highest BCUT2D eigenvalue weighted by atomic mass is 19.1. The van der Waals surface area contributed by atoms with Crippen molar-refractivity contribution in [2.45, 2.75) is 20.0 Å². The van der Waals surface area contributed by atoms with E-state index in [1.807, 2.05) is 29.9 Å². The molecule has 4 rings (SSSR count). The fourth-order valence-electron chi connectivity index (χ4n) is 3.34. The largest absolute Gasteiger partial charge is 0.353 e. The van der Waals surface area contributed by atoms with Crippen LogP contribution in [0.4, 0.5) is 4.39 Å². The molecule has 0 aliphatic carbocycles. The summed E-state index contributed by atoms with van der Waals surface area (Å²) in [6.45, 7) is 2.31. The summed E-state index contributed by atoms with van der Waals surface area (Å²) in [5.41, 5.74) is 3.35. The first-order valence-corrected chi connectivity index (χ1v) is 9.82. The summed E-state index contributed by atoms with van der Waals surface area (Å²) < 4.78 is 16.9. The van der Waals surface area contributed by atoms with Crippen molar-refractivity contribution in [1.82, 2.24) is 24.6 Å². The van der Waals surface area contributed by atoms with Crippen molar-refractivity contribution in [2.24, 2.45) is 7.05 Å². The smallest absolute Gasteiger partial charge is 0.271 e. The molecule has 0 fully saturated rings. The first-order chi connectivity index (χ1) is 14.9. The van der Waals surface area contributed by atoms with Crippen molar-refractivity contribution >= 4 is 17.5 Å². The van der Waals surface area contributed by atoms with Crippen LogP contribution >= 0.6 is 0 Å². The molecule has 2 amide bonds. The Labute approximate surface area is 178 Å². The van der Waals surface area contributed by atoms with Gasteiger partial charge in [0.1, 0.15) is 22.9 Å². The van der Waals surface area contributed by atoms with E-state index in [9.17, 15) is 14.0 Å². The van der Waals surface area contributed by atoms with Gasteiger partial charge >= 0.3 is 0 Å². The van der Waals surface area contributed by atoms with E-state index in [4.69, 9.17) is 0 Å². The minimum absolute atomic E-state index is 0.196. The summed E-state index contributed by atoms with van der Waals surface area (Å²) in [5.74, 6) is -0.924. The summed E-state index contributed by atoms with van der Waals surface area (Å²) in [6.07, 6.45) is 3.45. The molecule has 0 bridgehead atoms. The van der Waals surface area contributed by atoms with E-state index in [0.717, 1.165) is 11.3 Å². The first kappa shape index (κ1) is 20.3. The third-order valence-electron chi connectivity index (χ3n) is 5.11. The van der Waals surface area contributed by atoms with Crippen LogP contribution in [-0.2, 0) is 20.1 Å². The molecule has 0 saturated carbocycles. The van der Waals surface area contributed by atoms with Crippen molar-refractivity contribution in [1.29, 1.82) is 0 Å². The molecule has 31 heavy (non-hydrogen) atoms. The number of carbonyl (C=O) groups excluding carboxylic acids is 2. The average molecular weight is 419 g/mol. The number of pyridine rings is 1. The van der Waals surface area contributed by atoms with Gasteiger partial charge < -0.3 is 15.2 Å². The van der Waals surface area contributed by atoms with E-state index in [1.54, 1.807) is 41.7 Å². The number of imidazole rings is 1. The summed E-state index contributed by atoms with van der Waals surface area (Å²) in [7, 11) is 1.91. The van der Waals surface area contributed by atoms with E-state index >= 15 is 0 Å². The number of carbonyl (C=O) groups is 2. The second kappa shape index (κ2) is 8.43. The number of amides is 2. The Morgan fingerprint density at radius 2 is 1.84 bits per heavy atom. The number of aromatic nitrogens is 3. The molecule has 0 saturated heterocycles. The Morgan fingerprint density at radius 3 is 2.58 bits per heavy atom. The fourth-order valence-corrected chi connectivity index (χ4v) is 3.34. The quantitative estimate of drug-likeness (QED) is 0.504. The van der Waals surface area contributed by atoms with Crippen LogP contribution in [0, 0.1) is 12.7 Å². The van der Waals surface area contributed by atoms with Crippen LogP contribution in [0.3, 0.4) is 0 Å². The topological polar surface area (TPSA) is 80.4 Å². The second-order valence-corrected chi connectivity index (χ2v) is 7.32. The van der Waals surface area contributed by atoms with Gasteiger partial charge in [0.25, 0.3) is 11.8 Å². The maximum Gasteiger partial charge on any atom is 0.271 e. The van der Waals surface area contributed by atoms with Crippen LogP contribution < -0.4 is 10.6 Å². The molecule has 4 aromatic rings. The van der Waals surface area contributed by atoms with E-state index < -0.39 is 0 Å². The van der Waals surface area contributed by atoms with E-state index in [0.29, 0.717) is 23.4 Å². The molecule has 0 spiro atoms. The predicted molar refractivity (Wildman–Crippen MR) is 114 cm³/mol. The van der Waals surface area contributed by atoms with Gasteiger partial charge in [-0.1, -0.05) is 18.2 Å². The Bertz CT molecular complexity index is 1270. The molecular weight excluding hydrogens is 397 g/mol. The molecule has 0 radical (unpaired) electrons. The van der Waals surface area contributed by atoms with Crippen LogP contribution in [0.5, 0.6) is 0 Å². The number of nitrogens with zero attached hydrogens (tertiary/aromatic N) is 3. The zero-order valence-electron chi connectivity index (χ0n) is 17.2. The van der Waals surface area contributed by atoms with Gasteiger partial charge in [-0.15, -0.1) is 0 Å². The van der Waals surface area contributed by atoms with Gasteiger partial charge in [0.2, 0.25) is 0 Å². The minimum Gasteiger partial charge on any atom is -0.353 e. The Morgan fingerprint density at radius 1 is 1.03 bits per heavy atom. The van der Waals surface area contributed by atoms with Crippen molar-refractivity contribution < 1.29 is 14.0 Å². The molecule has 0 aliphatic heterocycles. The number of halogens is 1. The third-order valence-corrected chi connectivity index (χ3v) is 5.11. The van der Waals surface area contributed by atoms with Crippen LogP contribution in [0.25, 0.3) is 5.65 Å². The van der Waals surface area contributed by atoms with E-state index in [2.05, 4.69) is 15.6 Å². The van der Waals surface area contributed by atoms with Crippen molar-refractivity contribution in [3.63, 3.8) is 0 Å². The Balaban J connectivity index is 1.48. The molecule has 0 aliphatic rings. The number of benzene rings is 1. The van der Waals surface area contributed by atoms with Crippen LogP contribution in [0.2, 0.25) is 0 Å². The highest BCUT2D eigenvalue weighted by Crippen LogP contribution is 2.12. The van der Waals surface area contributed by atoms with Gasteiger partial charge in [-0.3, -0.25) is 14.0 Å². The normalized spacial score (nSPS) is 10.9. The number of hydrogen-bond acceptors (Lipinski definition) is 3. The average Bonchev–Trinajstić information content (AvgIpc) is 3.38. The van der Waals surface area contributed by atoms with Gasteiger partial charge in [-0.2, -0.15) is 0 Å². The zero-order valence-corrected chi connectivity index (χ0v) is 17.2. The highest BCUT2D eigenvalue weighted by Gasteiger charge is 2.16. The zero-order chi connectivity index (χ0) is 22.0. The Kier molecular flexibility index (Phi) is 5.53. The van der Waals surface area contributed by atoms with E-state index in [1.165, 1.54) is 12.3 Å². The lowest BCUT2D eigenvalue weighted by atomic mass is 10.1. The number of nitrogens with one attached hydrogen (secondary N) is 2. The number of aryl methyl sites for hydroxylation is 2. The molecule has 1 aromatic carbocycles. The lowest BCUT2D eigenvalue weighted by Crippen LogP contribution is -2.25. The monoisotopic (exact) mass is 419 g/mol. The second-order valence-electron chi connectivity index (χ2n) is 7.32. The third kappa shape index (κ3) is 4.32. The van der Waals surface area contributed by atoms with Crippen LogP contribution in [0.15, 0.2) is 60.9 Å². The predicted octanol–water partition coefficient (Wildman–Crippen LogP) is 2.98. The molecular formula is C23H22FN5O2. The van der Waals surface area contributed by atoms with Gasteiger partial charge in [0.05, 0.1) is 6.54 Å². The van der Waals surface area contributed by atoms with Gasteiger partial charge in [0.15, 0.2) is 0 Å². The molecule has 8 heteroatoms. The lowest BCUT2D eigenvalue weighted by molar-refractivity contribution is 0.0934. The van der Waals surface area contributed by atoms with Crippen LogP contribution in [0.1, 0.15) is 37.8 Å². The number of hydrogen-bond donors (Lipinski definition) is 2. The van der Waals surface area contributed by atoms with Crippen molar-refractivity contribution in [2.75, 3.05) is 0 Å². The molecule has 3 heterocycles. The van der Waals surface area contributed by atoms with Crippen molar-refractivity contribution in [3.8, 4) is 0 Å².